The first-order valence-electron chi connectivity index (χ1n) is 14.1. The number of rotatable bonds is 7. The molecular formula is C30H45N3O4S. The third kappa shape index (κ3) is 6.52. The van der Waals surface area contributed by atoms with E-state index in [-0.39, 0.29) is 11.9 Å². The lowest BCUT2D eigenvalue weighted by atomic mass is 9.89. The lowest BCUT2D eigenvalue weighted by molar-refractivity contribution is 0.0696. The van der Waals surface area contributed by atoms with Gasteiger partial charge in [-0.05, 0) is 96.4 Å². The predicted octanol–water partition coefficient (Wildman–Crippen LogP) is 5.65. The average molecular weight is 544 g/mol. The van der Waals surface area contributed by atoms with Crippen LogP contribution in [0.1, 0.15) is 92.9 Å². The number of carbonyl (C=O) groups is 1. The van der Waals surface area contributed by atoms with Crippen LogP contribution in [0.2, 0.25) is 0 Å². The van der Waals surface area contributed by atoms with Crippen LogP contribution < -0.4 is 10.0 Å². The molecule has 0 bridgehead atoms. The van der Waals surface area contributed by atoms with E-state index in [4.69, 9.17) is 4.74 Å². The van der Waals surface area contributed by atoms with Gasteiger partial charge in [0.1, 0.15) is 0 Å². The Balaban J connectivity index is 1.74. The van der Waals surface area contributed by atoms with E-state index in [1.54, 1.807) is 6.07 Å². The largest absolute Gasteiger partial charge is 0.381 e. The number of amides is 1. The van der Waals surface area contributed by atoms with Gasteiger partial charge in [-0.3, -0.25) is 4.79 Å². The van der Waals surface area contributed by atoms with Crippen molar-refractivity contribution < 1.29 is 17.9 Å². The van der Waals surface area contributed by atoms with Gasteiger partial charge in [0.25, 0.3) is 5.91 Å². The molecule has 0 spiro atoms. The molecule has 1 aromatic heterocycles. The summed E-state index contributed by atoms with van der Waals surface area (Å²) in [5.41, 5.74) is 4.70. The van der Waals surface area contributed by atoms with E-state index in [0.29, 0.717) is 29.6 Å². The fraction of sp³-hybridized carbons (Fsp3) is 0.633. The monoisotopic (exact) mass is 543 g/mol. The van der Waals surface area contributed by atoms with Crippen molar-refractivity contribution in [2.24, 2.45) is 5.92 Å². The minimum Gasteiger partial charge on any atom is -0.381 e. The highest BCUT2D eigenvalue weighted by Crippen LogP contribution is 2.35. The zero-order valence-corrected chi connectivity index (χ0v) is 24.8. The van der Waals surface area contributed by atoms with E-state index in [0.717, 1.165) is 47.5 Å². The SMILES string of the molecule is Cc1c(-c2cc(C(=O)NC3CCOCC3)c(C)n2CC2CCCCC2)ccc(S(=O)(=O)NC(C)(C)C)c1C. The molecule has 1 saturated carbocycles. The number of benzene rings is 1. The lowest BCUT2D eigenvalue weighted by Crippen LogP contribution is -2.40. The zero-order valence-electron chi connectivity index (χ0n) is 23.9. The maximum Gasteiger partial charge on any atom is 0.253 e. The number of aromatic nitrogens is 1. The molecule has 4 rings (SSSR count). The van der Waals surface area contributed by atoms with Crippen LogP contribution in [0.3, 0.4) is 0 Å². The Morgan fingerprint density at radius 3 is 2.29 bits per heavy atom. The molecule has 0 atom stereocenters. The summed E-state index contributed by atoms with van der Waals surface area (Å²) in [4.78, 5) is 13.7. The van der Waals surface area contributed by atoms with Crippen molar-refractivity contribution in [2.75, 3.05) is 13.2 Å². The summed E-state index contributed by atoms with van der Waals surface area (Å²) in [5.74, 6) is 0.540. The summed E-state index contributed by atoms with van der Waals surface area (Å²) in [6.07, 6.45) is 7.87. The number of nitrogens with one attached hydrogen (secondary N) is 2. The smallest absolute Gasteiger partial charge is 0.253 e. The quantitative estimate of drug-likeness (QED) is 0.473. The Kier molecular flexibility index (Phi) is 8.75. The summed E-state index contributed by atoms with van der Waals surface area (Å²) in [7, 11) is -3.67. The standard InChI is InChI=1S/C30H45N3O4S/c1-20-21(2)28(38(35,36)32-30(4,5)6)13-12-25(20)27-18-26(29(34)31-24-14-16-37-17-15-24)22(3)33(27)19-23-10-8-7-9-11-23/h12-13,18,23-24,32H,7-11,14-17,19H2,1-6H3,(H,31,34). The molecule has 1 saturated heterocycles. The Labute approximate surface area is 228 Å². The second-order valence-electron chi connectivity index (χ2n) is 12.2. The van der Waals surface area contributed by atoms with Crippen molar-refractivity contribution >= 4 is 15.9 Å². The Bertz CT molecular complexity index is 1260. The molecule has 1 amide bonds. The van der Waals surface area contributed by atoms with Crippen LogP contribution in [0.25, 0.3) is 11.3 Å². The van der Waals surface area contributed by atoms with Gasteiger partial charge in [0, 0.05) is 48.3 Å². The summed E-state index contributed by atoms with van der Waals surface area (Å²) in [6.45, 7) is 13.6. The second-order valence-corrected chi connectivity index (χ2v) is 13.9. The Morgan fingerprint density at radius 2 is 1.66 bits per heavy atom. The topological polar surface area (TPSA) is 89.4 Å². The zero-order chi connectivity index (χ0) is 27.7. The molecule has 7 nitrogen and oxygen atoms in total. The predicted molar refractivity (Wildman–Crippen MR) is 152 cm³/mol. The Hall–Kier alpha value is -2.16. The minimum atomic E-state index is -3.67. The van der Waals surface area contributed by atoms with Crippen LogP contribution in [0.5, 0.6) is 0 Å². The van der Waals surface area contributed by atoms with Crippen LogP contribution in [0.4, 0.5) is 0 Å². The van der Waals surface area contributed by atoms with Crippen molar-refractivity contribution in [1.82, 2.24) is 14.6 Å². The van der Waals surface area contributed by atoms with Crippen molar-refractivity contribution in [1.29, 1.82) is 0 Å². The van der Waals surface area contributed by atoms with Gasteiger partial charge in [-0.1, -0.05) is 25.3 Å². The molecule has 38 heavy (non-hydrogen) atoms. The molecule has 1 aromatic carbocycles. The maximum absolute atomic E-state index is 13.4. The van der Waals surface area contributed by atoms with Gasteiger partial charge < -0.3 is 14.6 Å². The number of sulfonamides is 1. The summed E-state index contributed by atoms with van der Waals surface area (Å²) >= 11 is 0. The molecule has 2 aromatic rings. The first-order chi connectivity index (χ1) is 17.9. The first kappa shape index (κ1) is 28.8. The van der Waals surface area contributed by atoms with Gasteiger partial charge in [0.15, 0.2) is 0 Å². The number of ether oxygens (including phenoxy) is 1. The molecule has 2 heterocycles. The second kappa shape index (κ2) is 11.5. The third-order valence-corrected chi connectivity index (χ3v) is 9.98. The highest BCUT2D eigenvalue weighted by Gasteiger charge is 2.28. The van der Waals surface area contributed by atoms with E-state index in [9.17, 15) is 13.2 Å². The summed E-state index contributed by atoms with van der Waals surface area (Å²) in [5, 5.41) is 3.23. The number of nitrogens with zero attached hydrogens (tertiary/aromatic N) is 1. The van der Waals surface area contributed by atoms with E-state index in [1.165, 1.54) is 32.1 Å². The maximum atomic E-state index is 13.4. The molecule has 2 fully saturated rings. The fourth-order valence-electron chi connectivity index (χ4n) is 5.89. The summed E-state index contributed by atoms with van der Waals surface area (Å²) < 4.78 is 36.9. The highest BCUT2D eigenvalue weighted by atomic mass is 32.2. The lowest BCUT2D eigenvalue weighted by Gasteiger charge is -2.25. The molecule has 210 valence electrons. The molecule has 2 aliphatic rings. The van der Waals surface area contributed by atoms with Crippen LogP contribution >= 0.6 is 0 Å². The average Bonchev–Trinajstić information content (AvgIpc) is 3.16. The van der Waals surface area contributed by atoms with Crippen LogP contribution in [0, 0.1) is 26.7 Å². The fourth-order valence-corrected chi connectivity index (χ4v) is 7.61. The highest BCUT2D eigenvalue weighted by molar-refractivity contribution is 7.89. The number of hydrogen-bond donors (Lipinski definition) is 2. The van der Waals surface area contributed by atoms with Gasteiger partial charge in [0.05, 0.1) is 10.5 Å². The van der Waals surface area contributed by atoms with Gasteiger partial charge >= 0.3 is 0 Å². The molecule has 0 unspecified atom stereocenters. The van der Waals surface area contributed by atoms with Gasteiger partial charge in [-0.15, -0.1) is 0 Å². The molecule has 1 aliphatic heterocycles. The van der Waals surface area contributed by atoms with Crippen molar-refractivity contribution in [2.45, 2.75) is 110 Å². The number of carbonyl (C=O) groups excluding carboxylic acids is 1. The van der Waals surface area contributed by atoms with Crippen LogP contribution in [0.15, 0.2) is 23.1 Å². The molecule has 1 aliphatic carbocycles. The normalized spacial score (nSPS) is 18.1. The van der Waals surface area contributed by atoms with Gasteiger partial charge in [-0.25, -0.2) is 13.1 Å². The van der Waals surface area contributed by atoms with Crippen LogP contribution in [-0.4, -0.2) is 43.7 Å². The minimum absolute atomic E-state index is 0.0407. The van der Waals surface area contributed by atoms with E-state index < -0.39 is 15.6 Å². The van der Waals surface area contributed by atoms with Crippen LogP contribution in [-0.2, 0) is 21.3 Å². The number of hydrogen-bond acceptors (Lipinski definition) is 4. The van der Waals surface area contributed by atoms with E-state index in [1.807, 2.05) is 53.7 Å². The van der Waals surface area contributed by atoms with Gasteiger partial charge in [0.2, 0.25) is 10.0 Å². The van der Waals surface area contributed by atoms with E-state index in [2.05, 4.69) is 14.6 Å². The van der Waals surface area contributed by atoms with Gasteiger partial charge in [-0.2, -0.15) is 0 Å². The molecule has 8 heteroatoms. The van der Waals surface area contributed by atoms with Crippen molar-refractivity contribution in [3.8, 4) is 11.3 Å². The Morgan fingerprint density at radius 1 is 1.00 bits per heavy atom. The van der Waals surface area contributed by atoms with Crippen molar-refractivity contribution in [3.63, 3.8) is 0 Å². The molecule has 2 N–H and O–H groups in total. The van der Waals surface area contributed by atoms with Crippen molar-refractivity contribution in [3.05, 3.63) is 40.6 Å². The molecule has 0 radical (unpaired) electrons. The third-order valence-electron chi connectivity index (χ3n) is 8.08. The first-order valence-corrected chi connectivity index (χ1v) is 15.6. The summed E-state index contributed by atoms with van der Waals surface area (Å²) in [6, 6.07) is 5.76. The molecular weight excluding hydrogens is 498 g/mol. The van der Waals surface area contributed by atoms with E-state index >= 15 is 0 Å².